The quantitative estimate of drug-likeness (QED) is 0.415. The summed E-state index contributed by atoms with van der Waals surface area (Å²) >= 11 is 0. The van der Waals surface area contributed by atoms with Crippen LogP contribution in [0.4, 0.5) is 0 Å². The molecule has 1 heterocycles. The van der Waals surface area contributed by atoms with Crippen LogP contribution in [-0.4, -0.2) is 16.6 Å². The van der Waals surface area contributed by atoms with Gasteiger partial charge in [0.1, 0.15) is 5.78 Å². The number of nitrogens with zero attached hydrogens (tertiary/aromatic N) is 1. The molecule has 3 nitrogen and oxygen atoms in total. The molecule has 3 fully saturated rings. The SMILES string of the molecule is CCC1C[C@H]2[C@@H]3CCC4=CC(=O)CCC4=C3C(c3ccc(-c4cccnc4)cc3)C[C@]2(C)C1C(=O)C1CC1. The number of benzene rings is 1. The standard InChI is InChI=1S/C35H39NO2/c1-3-21-18-31-29-14-12-25-17-27(37)13-15-28(25)32(29)30(19-35(31,2)33(21)34(38)24-10-11-24)23-8-6-22(7-9-23)26-5-4-16-36-20-26/h4-9,16-17,20-21,24,29-31,33H,3,10-15,18-19H2,1-2H3/t21?,29-,30?,31-,33?,35-/m0/s1. The van der Waals surface area contributed by atoms with E-state index in [0.29, 0.717) is 47.6 Å². The van der Waals surface area contributed by atoms with Crippen molar-refractivity contribution in [2.45, 2.75) is 77.6 Å². The largest absolute Gasteiger partial charge is 0.299 e. The van der Waals surface area contributed by atoms with E-state index in [9.17, 15) is 9.59 Å². The molecule has 0 N–H and O–H groups in total. The van der Waals surface area contributed by atoms with Crippen molar-refractivity contribution in [1.29, 1.82) is 0 Å². The number of carbonyl (C=O) groups is 2. The van der Waals surface area contributed by atoms with Crippen LogP contribution in [0.25, 0.3) is 11.1 Å². The van der Waals surface area contributed by atoms with E-state index in [4.69, 9.17) is 0 Å². The van der Waals surface area contributed by atoms with Crippen molar-refractivity contribution in [3.05, 3.63) is 77.2 Å². The topological polar surface area (TPSA) is 47.0 Å². The Hall–Kier alpha value is -2.81. The van der Waals surface area contributed by atoms with Crippen LogP contribution in [-0.2, 0) is 9.59 Å². The molecule has 0 saturated heterocycles. The second kappa shape index (κ2) is 9.14. The number of rotatable bonds is 5. The van der Waals surface area contributed by atoms with Gasteiger partial charge in [-0.05, 0) is 108 Å². The maximum Gasteiger partial charge on any atom is 0.156 e. The average Bonchev–Trinajstić information content (AvgIpc) is 3.75. The Labute approximate surface area is 226 Å². The highest BCUT2D eigenvalue weighted by Crippen LogP contribution is 2.68. The molecule has 3 saturated carbocycles. The molecule has 0 amide bonds. The molecule has 0 bridgehead atoms. The highest BCUT2D eigenvalue weighted by atomic mass is 16.1. The fraction of sp³-hybridized carbons (Fsp3) is 0.514. The highest BCUT2D eigenvalue weighted by molar-refractivity contribution is 5.93. The van der Waals surface area contributed by atoms with Gasteiger partial charge < -0.3 is 0 Å². The number of aromatic nitrogens is 1. The molecule has 6 atom stereocenters. The van der Waals surface area contributed by atoms with Crippen molar-refractivity contribution in [3.63, 3.8) is 0 Å². The van der Waals surface area contributed by atoms with Crippen molar-refractivity contribution in [2.24, 2.45) is 35.0 Å². The molecule has 5 aliphatic rings. The van der Waals surface area contributed by atoms with Gasteiger partial charge in [-0.2, -0.15) is 0 Å². The number of allylic oxidation sites excluding steroid dienone is 4. The Morgan fingerprint density at radius 1 is 1.03 bits per heavy atom. The minimum atomic E-state index is 0.0491. The van der Waals surface area contributed by atoms with Gasteiger partial charge in [0.25, 0.3) is 0 Å². The van der Waals surface area contributed by atoms with Crippen molar-refractivity contribution in [3.8, 4) is 11.1 Å². The molecule has 1 aromatic heterocycles. The van der Waals surface area contributed by atoms with Crippen LogP contribution in [0.5, 0.6) is 0 Å². The van der Waals surface area contributed by atoms with E-state index in [1.54, 1.807) is 5.57 Å². The number of pyridine rings is 1. The van der Waals surface area contributed by atoms with Crippen molar-refractivity contribution >= 4 is 11.6 Å². The normalized spacial score (nSPS) is 34.3. The van der Waals surface area contributed by atoms with Crippen LogP contribution in [0.1, 0.15) is 83.1 Å². The second-order valence-corrected chi connectivity index (χ2v) is 13.0. The van der Waals surface area contributed by atoms with Crippen molar-refractivity contribution in [2.75, 3.05) is 0 Å². The smallest absolute Gasteiger partial charge is 0.156 e. The third kappa shape index (κ3) is 3.80. The summed E-state index contributed by atoms with van der Waals surface area (Å²) in [5.41, 5.74) is 8.18. The third-order valence-electron chi connectivity index (χ3n) is 11.0. The molecule has 0 aliphatic heterocycles. The average molecular weight is 506 g/mol. The highest BCUT2D eigenvalue weighted by Gasteiger charge is 2.62. The Morgan fingerprint density at radius 2 is 1.84 bits per heavy atom. The zero-order chi connectivity index (χ0) is 26.0. The predicted octanol–water partition coefficient (Wildman–Crippen LogP) is 7.88. The summed E-state index contributed by atoms with van der Waals surface area (Å²) < 4.78 is 0. The first kappa shape index (κ1) is 24.2. The number of ketones is 2. The molecule has 196 valence electrons. The Balaban J connectivity index is 1.34. The molecule has 3 heteroatoms. The van der Waals surface area contributed by atoms with E-state index >= 15 is 0 Å². The lowest BCUT2D eigenvalue weighted by atomic mass is 9.51. The summed E-state index contributed by atoms with van der Waals surface area (Å²) in [6.07, 6.45) is 15.0. The second-order valence-electron chi connectivity index (χ2n) is 13.0. The Bertz CT molecular complexity index is 1330. The molecule has 38 heavy (non-hydrogen) atoms. The minimum Gasteiger partial charge on any atom is -0.299 e. The van der Waals surface area contributed by atoms with Crippen LogP contribution in [0.15, 0.2) is 71.6 Å². The monoisotopic (exact) mass is 505 g/mol. The van der Waals surface area contributed by atoms with Gasteiger partial charge in [-0.1, -0.05) is 56.2 Å². The number of carbonyl (C=O) groups excluding carboxylic acids is 2. The van der Waals surface area contributed by atoms with Gasteiger partial charge in [-0.25, -0.2) is 0 Å². The lowest BCUT2D eigenvalue weighted by molar-refractivity contribution is -0.130. The van der Waals surface area contributed by atoms with E-state index in [-0.39, 0.29) is 11.3 Å². The van der Waals surface area contributed by atoms with Crippen LogP contribution in [0.3, 0.4) is 0 Å². The van der Waals surface area contributed by atoms with E-state index in [1.807, 2.05) is 24.5 Å². The fourth-order valence-corrected chi connectivity index (χ4v) is 9.16. The minimum absolute atomic E-state index is 0.0491. The predicted molar refractivity (Wildman–Crippen MR) is 150 cm³/mol. The van der Waals surface area contributed by atoms with Gasteiger partial charge in [0, 0.05) is 36.6 Å². The summed E-state index contributed by atoms with van der Waals surface area (Å²) in [6.45, 7) is 4.80. The van der Waals surface area contributed by atoms with Gasteiger partial charge in [0.15, 0.2) is 5.78 Å². The molecule has 5 aliphatic carbocycles. The molecule has 1 aromatic carbocycles. The number of Topliss-reactive ketones (excluding diaryl/α,β-unsaturated/α-hetero) is 1. The maximum absolute atomic E-state index is 13.8. The van der Waals surface area contributed by atoms with Gasteiger partial charge in [0.2, 0.25) is 0 Å². The molecular weight excluding hydrogens is 466 g/mol. The molecular formula is C35H39NO2. The van der Waals surface area contributed by atoms with Crippen LogP contribution >= 0.6 is 0 Å². The lowest BCUT2D eigenvalue weighted by Crippen LogP contribution is -2.45. The van der Waals surface area contributed by atoms with Gasteiger partial charge in [-0.15, -0.1) is 0 Å². The number of hydrogen-bond donors (Lipinski definition) is 0. The molecule has 2 aromatic rings. The van der Waals surface area contributed by atoms with E-state index in [1.165, 1.54) is 28.7 Å². The van der Waals surface area contributed by atoms with Gasteiger partial charge >= 0.3 is 0 Å². The summed E-state index contributed by atoms with van der Waals surface area (Å²) in [6, 6.07) is 13.3. The van der Waals surface area contributed by atoms with E-state index in [0.717, 1.165) is 50.5 Å². The van der Waals surface area contributed by atoms with Crippen LogP contribution < -0.4 is 0 Å². The first-order valence-corrected chi connectivity index (χ1v) is 15.0. The maximum atomic E-state index is 13.8. The van der Waals surface area contributed by atoms with Crippen molar-refractivity contribution < 1.29 is 9.59 Å². The van der Waals surface area contributed by atoms with Crippen molar-refractivity contribution in [1.82, 2.24) is 4.98 Å². The third-order valence-corrected chi connectivity index (χ3v) is 11.0. The number of hydrogen-bond acceptors (Lipinski definition) is 3. The summed E-state index contributed by atoms with van der Waals surface area (Å²) in [5.74, 6) is 3.36. The zero-order valence-electron chi connectivity index (χ0n) is 22.8. The molecule has 3 unspecified atom stereocenters. The van der Waals surface area contributed by atoms with Crippen LogP contribution in [0, 0.1) is 35.0 Å². The van der Waals surface area contributed by atoms with Gasteiger partial charge in [0.05, 0.1) is 0 Å². The molecule has 0 radical (unpaired) electrons. The first-order chi connectivity index (χ1) is 18.5. The summed E-state index contributed by atoms with van der Waals surface area (Å²) in [4.78, 5) is 30.5. The summed E-state index contributed by atoms with van der Waals surface area (Å²) in [5, 5.41) is 0. The van der Waals surface area contributed by atoms with E-state index < -0.39 is 0 Å². The first-order valence-electron chi connectivity index (χ1n) is 15.0. The number of fused-ring (bicyclic) bond motifs is 4. The summed E-state index contributed by atoms with van der Waals surface area (Å²) in [7, 11) is 0. The molecule has 7 rings (SSSR count). The Morgan fingerprint density at radius 3 is 2.55 bits per heavy atom. The van der Waals surface area contributed by atoms with Gasteiger partial charge in [-0.3, -0.25) is 14.6 Å². The molecule has 0 spiro atoms. The lowest BCUT2D eigenvalue weighted by Gasteiger charge is -2.52. The van der Waals surface area contributed by atoms with Crippen LogP contribution in [0.2, 0.25) is 0 Å². The fourth-order valence-electron chi connectivity index (χ4n) is 9.16. The Kier molecular flexibility index (Phi) is 5.83. The van der Waals surface area contributed by atoms with E-state index in [2.05, 4.69) is 49.2 Å². The zero-order valence-corrected chi connectivity index (χ0v) is 22.8.